The highest BCUT2D eigenvalue weighted by atomic mass is 35.5. The highest BCUT2D eigenvalue weighted by Gasteiger charge is 2.60. The number of nitrogens with zero attached hydrogens (tertiary/aromatic N) is 1. The van der Waals surface area contributed by atoms with E-state index < -0.39 is 35.4 Å². The first kappa shape index (κ1) is 21.7. The minimum Gasteiger partial charge on any atom is -0.466 e. The number of carbonyl (C=O) groups excluding carboxylic acids is 1. The van der Waals surface area contributed by atoms with Gasteiger partial charge in [-0.15, -0.1) is 0 Å². The lowest BCUT2D eigenvalue weighted by molar-refractivity contribution is -0.159. The molecule has 2 aromatic rings. The van der Waals surface area contributed by atoms with E-state index in [-0.39, 0.29) is 17.4 Å². The van der Waals surface area contributed by atoms with Crippen LogP contribution in [0.2, 0.25) is 5.02 Å². The maximum atomic E-state index is 13.3. The molecule has 31 heavy (non-hydrogen) atoms. The molecule has 0 aliphatic carbocycles. The van der Waals surface area contributed by atoms with Crippen LogP contribution in [-0.4, -0.2) is 23.4 Å². The highest BCUT2D eigenvalue weighted by molar-refractivity contribution is 7.80. The first-order chi connectivity index (χ1) is 14.6. The number of alkyl halides is 3. The average molecular weight is 471 g/mol. The Hall–Kier alpha value is -2.52. The van der Waals surface area contributed by atoms with Gasteiger partial charge in [-0.25, -0.2) is 0 Å². The number of fused-ring (bicyclic) bond motifs is 4. The predicted octanol–water partition coefficient (Wildman–Crippen LogP) is 5.08. The number of carbonyl (C=O) groups is 1. The first-order valence-corrected chi connectivity index (χ1v) is 10.3. The molecule has 4 rings (SSSR count). The number of halogens is 4. The van der Waals surface area contributed by atoms with Crippen molar-refractivity contribution in [3.63, 3.8) is 0 Å². The molecular weight excluding hydrogens is 453 g/mol. The molecule has 10 heteroatoms. The Morgan fingerprint density at radius 2 is 2.06 bits per heavy atom. The first-order valence-electron chi connectivity index (χ1n) is 9.49. The molecule has 0 spiro atoms. The van der Waals surface area contributed by atoms with Crippen LogP contribution in [0.4, 0.5) is 18.9 Å². The molecule has 1 saturated heterocycles. The average Bonchev–Trinajstić information content (AvgIpc) is 2.68. The van der Waals surface area contributed by atoms with Crippen LogP contribution in [-0.2, 0) is 15.7 Å². The predicted molar refractivity (Wildman–Crippen MR) is 113 cm³/mol. The molecule has 0 radical (unpaired) electrons. The van der Waals surface area contributed by atoms with Gasteiger partial charge in [0.2, 0.25) is 5.72 Å². The zero-order valence-electron chi connectivity index (χ0n) is 16.5. The van der Waals surface area contributed by atoms with Gasteiger partial charge >= 0.3 is 12.1 Å². The zero-order chi connectivity index (χ0) is 22.6. The van der Waals surface area contributed by atoms with Crippen molar-refractivity contribution in [3.8, 4) is 5.75 Å². The van der Waals surface area contributed by atoms with Gasteiger partial charge in [-0.3, -0.25) is 9.69 Å². The van der Waals surface area contributed by atoms with E-state index in [9.17, 15) is 18.0 Å². The van der Waals surface area contributed by atoms with Gasteiger partial charge in [0.05, 0.1) is 18.2 Å². The summed E-state index contributed by atoms with van der Waals surface area (Å²) in [7, 11) is 0. The van der Waals surface area contributed by atoms with E-state index in [0.717, 1.165) is 12.1 Å². The molecule has 2 heterocycles. The van der Waals surface area contributed by atoms with E-state index in [1.807, 2.05) is 0 Å². The van der Waals surface area contributed by atoms with E-state index in [1.165, 1.54) is 17.0 Å². The van der Waals surface area contributed by atoms with Crippen LogP contribution in [0.5, 0.6) is 5.75 Å². The van der Waals surface area contributed by atoms with Gasteiger partial charge in [0.1, 0.15) is 11.7 Å². The summed E-state index contributed by atoms with van der Waals surface area (Å²) in [5.41, 5.74) is -1.52. The molecule has 164 valence electrons. The quantitative estimate of drug-likeness (QED) is 0.498. The zero-order valence-corrected chi connectivity index (χ0v) is 18.1. The Morgan fingerprint density at radius 3 is 2.74 bits per heavy atom. The number of thiocarbonyl (C=S) groups is 1. The summed E-state index contributed by atoms with van der Waals surface area (Å²) in [5.74, 6) is -1.04. The molecule has 5 nitrogen and oxygen atoms in total. The van der Waals surface area contributed by atoms with E-state index in [0.29, 0.717) is 16.3 Å². The highest BCUT2D eigenvalue weighted by Crippen LogP contribution is 2.50. The summed E-state index contributed by atoms with van der Waals surface area (Å²) in [5, 5.41) is 3.66. The van der Waals surface area contributed by atoms with E-state index in [2.05, 4.69) is 5.32 Å². The van der Waals surface area contributed by atoms with Gasteiger partial charge in [0, 0.05) is 16.3 Å². The molecule has 2 aliphatic heterocycles. The van der Waals surface area contributed by atoms with Crippen LogP contribution < -0.4 is 15.0 Å². The van der Waals surface area contributed by atoms with Crippen molar-refractivity contribution in [2.45, 2.75) is 31.8 Å². The fourth-order valence-electron chi connectivity index (χ4n) is 4.16. The van der Waals surface area contributed by atoms with Crippen molar-refractivity contribution in [1.82, 2.24) is 5.32 Å². The lowest BCUT2D eigenvalue weighted by Crippen LogP contribution is -2.71. The lowest BCUT2D eigenvalue weighted by Gasteiger charge is -2.55. The van der Waals surface area contributed by atoms with Gasteiger partial charge in [0.25, 0.3) is 0 Å². The Labute approximate surface area is 187 Å². The number of ether oxygens (including phenoxy) is 2. The molecule has 2 bridgehead atoms. The van der Waals surface area contributed by atoms with Crippen LogP contribution in [0.25, 0.3) is 0 Å². The maximum absolute atomic E-state index is 13.3. The SMILES string of the molecule is CCOC(=O)C1C2NC(=S)N(c3cccc(C(F)(F)F)c3)C1(C)Oc1ccc(Cl)cc12. The minimum atomic E-state index is -4.54. The van der Waals surface area contributed by atoms with Crippen molar-refractivity contribution in [2.24, 2.45) is 5.92 Å². The van der Waals surface area contributed by atoms with E-state index in [4.69, 9.17) is 33.3 Å². The Balaban J connectivity index is 1.89. The van der Waals surface area contributed by atoms with Crippen LogP contribution in [0.15, 0.2) is 42.5 Å². The summed E-state index contributed by atoms with van der Waals surface area (Å²) < 4.78 is 51.5. The molecule has 2 aliphatic rings. The summed E-state index contributed by atoms with van der Waals surface area (Å²) in [6.07, 6.45) is -4.54. The van der Waals surface area contributed by atoms with Crippen molar-refractivity contribution < 1.29 is 27.4 Å². The molecule has 3 unspecified atom stereocenters. The van der Waals surface area contributed by atoms with Gasteiger partial charge in [0.15, 0.2) is 5.11 Å². The summed E-state index contributed by atoms with van der Waals surface area (Å²) in [6, 6.07) is 9.05. The van der Waals surface area contributed by atoms with Crippen LogP contribution in [0, 0.1) is 5.92 Å². The smallest absolute Gasteiger partial charge is 0.416 e. The fourth-order valence-corrected chi connectivity index (χ4v) is 4.75. The number of hydrogen-bond donors (Lipinski definition) is 1. The van der Waals surface area contributed by atoms with Crippen molar-refractivity contribution in [1.29, 1.82) is 0 Å². The number of rotatable bonds is 3. The lowest BCUT2D eigenvalue weighted by atomic mass is 9.79. The number of nitrogens with one attached hydrogen (secondary N) is 1. The van der Waals surface area contributed by atoms with Crippen molar-refractivity contribution >= 4 is 40.6 Å². The van der Waals surface area contributed by atoms with E-state index >= 15 is 0 Å². The Kier molecular flexibility index (Phi) is 5.29. The largest absolute Gasteiger partial charge is 0.466 e. The fraction of sp³-hybridized carbons (Fsp3) is 0.333. The number of esters is 1. The van der Waals surface area contributed by atoms with Gasteiger partial charge in [-0.05, 0) is 62.5 Å². The molecule has 0 aromatic heterocycles. The Morgan fingerprint density at radius 1 is 1.32 bits per heavy atom. The summed E-state index contributed by atoms with van der Waals surface area (Å²) >= 11 is 11.7. The molecular formula is C21H18ClF3N2O3S. The van der Waals surface area contributed by atoms with Crippen LogP contribution >= 0.6 is 23.8 Å². The van der Waals surface area contributed by atoms with E-state index in [1.54, 1.807) is 32.0 Å². The monoisotopic (exact) mass is 470 g/mol. The van der Waals surface area contributed by atoms with Crippen LogP contribution in [0.1, 0.15) is 31.0 Å². The maximum Gasteiger partial charge on any atom is 0.416 e. The molecule has 0 amide bonds. The third-order valence-corrected chi connectivity index (χ3v) is 5.97. The normalized spacial score (nSPS) is 24.7. The van der Waals surface area contributed by atoms with Gasteiger partial charge in [-0.2, -0.15) is 13.2 Å². The second kappa shape index (κ2) is 7.56. The topological polar surface area (TPSA) is 50.8 Å². The third kappa shape index (κ3) is 3.59. The Bertz CT molecular complexity index is 1060. The van der Waals surface area contributed by atoms with Crippen molar-refractivity contribution in [3.05, 3.63) is 58.6 Å². The number of hydrogen-bond acceptors (Lipinski definition) is 4. The van der Waals surface area contributed by atoms with Crippen LogP contribution in [0.3, 0.4) is 0 Å². The summed E-state index contributed by atoms with van der Waals surface area (Å²) in [6.45, 7) is 3.42. The molecule has 0 saturated carbocycles. The molecule has 1 N–H and O–H groups in total. The standard InChI is InChI=1S/C21H18ClF3N2O3S/c1-3-29-18(28)16-17-14-10-12(22)7-8-15(14)30-20(16,2)27(19(31)26-17)13-6-4-5-11(9-13)21(23,24)25/h4-10,16-17H,3H2,1-2H3,(H,26,31). The number of anilines is 1. The van der Waals surface area contributed by atoms with Gasteiger partial charge in [-0.1, -0.05) is 17.7 Å². The summed E-state index contributed by atoms with van der Waals surface area (Å²) in [4.78, 5) is 14.4. The second-order valence-electron chi connectivity index (χ2n) is 7.38. The van der Waals surface area contributed by atoms with Crippen molar-refractivity contribution in [2.75, 3.05) is 11.5 Å². The second-order valence-corrected chi connectivity index (χ2v) is 8.20. The minimum absolute atomic E-state index is 0.123. The number of benzene rings is 2. The van der Waals surface area contributed by atoms with Gasteiger partial charge < -0.3 is 14.8 Å². The molecule has 1 fully saturated rings. The molecule has 2 aromatic carbocycles. The third-order valence-electron chi connectivity index (χ3n) is 5.43. The molecule has 3 atom stereocenters.